The van der Waals surface area contributed by atoms with E-state index in [4.69, 9.17) is 5.73 Å². The van der Waals surface area contributed by atoms with Gasteiger partial charge in [0.2, 0.25) is 0 Å². The Morgan fingerprint density at radius 2 is 2.04 bits per heavy atom. The molecule has 2 aromatic heterocycles. The summed E-state index contributed by atoms with van der Waals surface area (Å²) in [6, 6.07) is 5.55. The van der Waals surface area contributed by atoms with Crippen LogP contribution in [0.3, 0.4) is 0 Å². The van der Waals surface area contributed by atoms with Gasteiger partial charge in [-0.2, -0.15) is 5.10 Å². The highest BCUT2D eigenvalue weighted by Gasteiger charge is 2.22. The Labute approximate surface area is 174 Å². The molecule has 6 N–H and O–H groups in total. The molecule has 1 amide bonds. The summed E-state index contributed by atoms with van der Waals surface area (Å²) in [7, 11) is 0. The fourth-order valence-electron chi connectivity index (χ4n) is 2.32. The van der Waals surface area contributed by atoms with Gasteiger partial charge in [0.1, 0.15) is 5.56 Å². The number of hydrogen-bond donors (Lipinski definition) is 3. The SMILES string of the molecule is Br.Br.C[C@@H](N)c1ccc(C(=O)Nc2ccnc3[nH]ncc23)c([N+](=O)[O-])c1.O. The number of H-pyrrole nitrogens is 1. The smallest absolute Gasteiger partial charge is 0.282 e. The Morgan fingerprint density at radius 3 is 2.67 bits per heavy atom. The van der Waals surface area contributed by atoms with E-state index in [9.17, 15) is 14.9 Å². The molecule has 1 aromatic carbocycles. The number of nitro benzene ring substituents is 1. The molecule has 0 aliphatic heterocycles. The van der Waals surface area contributed by atoms with Gasteiger partial charge in [0.15, 0.2) is 5.65 Å². The van der Waals surface area contributed by atoms with Gasteiger partial charge in [0.05, 0.1) is 22.2 Å². The van der Waals surface area contributed by atoms with Gasteiger partial charge >= 0.3 is 0 Å². The number of nitrogens with one attached hydrogen (secondary N) is 2. The number of carbonyl (C=O) groups excluding carboxylic acids is 1. The predicted molar refractivity (Wildman–Crippen MR) is 112 cm³/mol. The molecule has 0 spiro atoms. The van der Waals surface area contributed by atoms with Crippen LogP contribution >= 0.6 is 34.0 Å². The molecule has 0 unspecified atom stereocenters. The average molecular weight is 506 g/mol. The lowest BCUT2D eigenvalue weighted by molar-refractivity contribution is -0.385. The van der Waals surface area contributed by atoms with Gasteiger partial charge in [-0.3, -0.25) is 20.0 Å². The molecule has 0 saturated heterocycles. The Hall–Kier alpha value is -2.41. The molecule has 0 fully saturated rings. The third-order valence-corrected chi connectivity index (χ3v) is 3.59. The Balaban J connectivity index is 0.00000225. The van der Waals surface area contributed by atoms with Crippen molar-refractivity contribution in [1.82, 2.24) is 15.2 Å². The van der Waals surface area contributed by atoms with Gasteiger partial charge < -0.3 is 16.5 Å². The van der Waals surface area contributed by atoms with Crippen LogP contribution in [0.1, 0.15) is 28.9 Å². The summed E-state index contributed by atoms with van der Waals surface area (Å²) >= 11 is 0. The van der Waals surface area contributed by atoms with Crippen LogP contribution in [0.25, 0.3) is 11.0 Å². The van der Waals surface area contributed by atoms with E-state index >= 15 is 0 Å². The summed E-state index contributed by atoms with van der Waals surface area (Å²) in [5.41, 5.74) is 6.96. The third-order valence-electron chi connectivity index (χ3n) is 3.59. The average Bonchev–Trinajstić information content (AvgIpc) is 3.03. The molecular weight excluding hydrogens is 488 g/mol. The second-order valence-corrected chi connectivity index (χ2v) is 5.27. The van der Waals surface area contributed by atoms with Gasteiger partial charge in [-0.05, 0) is 24.6 Å². The van der Waals surface area contributed by atoms with Crippen molar-refractivity contribution in [2.75, 3.05) is 5.32 Å². The summed E-state index contributed by atoms with van der Waals surface area (Å²) in [5.74, 6) is -0.591. The monoisotopic (exact) mass is 504 g/mol. The van der Waals surface area contributed by atoms with Gasteiger partial charge in [0, 0.05) is 18.3 Å². The molecule has 2 heterocycles. The number of halogens is 2. The maximum atomic E-state index is 12.5. The number of nitrogens with two attached hydrogens (primary N) is 1. The fourth-order valence-corrected chi connectivity index (χ4v) is 2.32. The summed E-state index contributed by atoms with van der Waals surface area (Å²) in [6.45, 7) is 1.71. The lowest BCUT2D eigenvalue weighted by atomic mass is 10.0. The van der Waals surface area contributed by atoms with Gasteiger partial charge in [-0.1, -0.05) is 6.07 Å². The highest BCUT2D eigenvalue weighted by Crippen LogP contribution is 2.25. The molecule has 3 rings (SSSR count). The minimum absolute atomic E-state index is 0. The first-order valence-corrected chi connectivity index (χ1v) is 7.10. The van der Waals surface area contributed by atoms with Crippen molar-refractivity contribution in [3.63, 3.8) is 0 Å². The number of amides is 1. The van der Waals surface area contributed by atoms with Crippen LogP contribution in [0.4, 0.5) is 11.4 Å². The van der Waals surface area contributed by atoms with Crippen molar-refractivity contribution in [3.8, 4) is 0 Å². The molecule has 0 radical (unpaired) electrons. The minimum atomic E-state index is -0.596. The lowest BCUT2D eigenvalue weighted by Crippen LogP contribution is -2.15. The number of pyridine rings is 1. The molecule has 10 nitrogen and oxygen atoms in total. The molecular formula is C15H18Br2N6O4. The molecule has 27 heavy (non-hydrogen) atoms. The van der Waals surface area contributed by atoms with Crippen LogP contribution in [0.5, 0.6) is 0 Å². The summed E-state index contributed by atoms with van der Waals surface area (Å²) in [5, 5.41) is 21.1. The standard InChI is InChI=1S/C15H14N6O3.2BrH.H2O/c1-8(16)9-2-3-10(13(6-9)21(23)24)15(22)19-12-4-5-17-14-11(12)7-18-20-14;;;/h2-8H,16H2,1H3,(H2,17,18,19,20,22);2*1H;1H2/t8-;;;/m1.../s1. The number of aromatic nitrogens is 3. The number of rotatable bonds is 4. The Bertz CT molecular complexity index is 947. The molecule has 0 aliphatic rings. The number of carbonyl (C=O) groups is 1. The van der Waals surface area contributed by atoms with Crippen molar-refractivity contribution in [3.05, 3.63) is 57.9 Å². The van der Waals surface area contributed by atoms with E-state index in [1.165, 1.54) is 24.5 Å². The second-order valence-electron chi connectivity index (χ2n) is 5.27. The van der Waals surface area contributed by atoms with Crippen molar-refractivity contribution >= 4 is 62.3 Å². The van der Waals surface area contributed by atoms with Crippen LogP contribution in [0.2, 0.25) is 0 Å². The number of hydrogen-bond acceptors (Lipinski definition) is 6. The second kappa shape index (κ2) is 10.1. The number of nitrogens with zero attached hydrogens (tertiary/aromatic N) is 3. The van der Waals surface area contributed by atoms with Gasteiger partial charge in [-0.25, -0.2) is 4.98 Å². The Kier molecular flexibility index (Phi) is 9.16. The van der Waals surface area contributed by atoms with E-state index < -0.39 is 10.8 Å². The molecule has 3 aromatic rings. The number of aromatic amines is 1. The Morgan fingerprint density at radius 1 is 1.33 bits per heavy atom. The zero-order chi connectivity index (χ0) is 17.3. The summed E-state index contributed by atoms with van der Waals surface area (Å²) in [4.78, 5) is 27.2. The van der Waals surface area contributed by atoms with Crippen LogP contribution in [-0.2, 0) is 0 Å². The zero-order valence-corrected chi connectivity index (χ0v) is 17.4. The van der Waals surface area contributed by atoms with Crippen molar-refractivity contribution in [2.24, 2.45) is 5.73 Å². The quantitative estimate of drug-likeness (QED) is 0.362. The van der Waals surface area contributed by atoms with Crippen LogP contribution in [0, 0.1) is 10.1 Å². The number of benzene rings is 1. The van der Waals surface area contributed by atoms with Crippen LogP contribution in [0.15, 0.2) is 36.7 Å². The number of fused-ring (bicyclic) bond motifs is 1. The number of nitro groups is 1. The first kappa shape index (κ1) is 24.6. The van der Waals surface area contributed by atoms with Gasteiger partial charge in [-0.15, -0.1) is 34.0 Å². The van der Waals surface area contributed by atoms with Crippen LogP contribution < -0.4 is 11.1 Å². The van der Waals surface area contributed by atoms with E-state index in [2.05, 4.69) is 20.5 Å². The molecule has 1 atom stereocenters. The third kappa shape index (κ3) is 5.07. The molecule has 0 saturated carbocycles. The first-order chi connectivity index (χ1) is 11.5. The van der Waals surface area contributed by atoms with E-state index in [1.807, 2.05) is 0 Å². The normalized spacial score (nSPS) is 10.7. The topological polar surface area (TPSA) is 171 Å². The van der Waals surface area contributed by atoms with E-state index in [0.29, 0.717) is 22.3 Å². The van der Waals surface area contributed by atoms with Crippen molar-refractivity contribution in [2.45, 2.75) is 13.0 Å². The lowest BCUT2D eigenvalue weighted by Gasteiger charge is -2.09. The van der Waals surface area contributed by atoms with E-state index in [0.717, 1.165) is 0 Å². The minimum Gasteiger partial charge on any atom is -0.412 e. The molecule has 0 bridgehead atoms. The molecule has 146 valence electrons. The fraction of sp³-hybridized carbons (Fsp3) is 0.133. The van der Waals surface area contributed by atoms with E-state index in [1.54, 1.807) is 19.1 Å². The molecule has 0 aliphatic carbocycles. The van der Waals surface area contributed by atoms with Crippen molar-refractivity contribution < 1.29 is 15.2 Å². The maximum Gasteiger partial charge on any atom is 0.282 e. The largest absolute Gasteiger partial charge is 0.412 e. The highest BCUT2D eigenvalue weighted by atomic mass is 79.9. The van der Waals surface area contributed by atoms with Crippen LogP contribution in [-0.4, -0.2) is 31.5 Å². The number of anilines is 1. The maximum absolute atomic E-state index is 12.5. The van der Waals surface area contributed by atoms with E-state index in [-0.39, 0.29) is 56.7 Å². The zero-order valence-electron chi connectivity index (χ0n) is 14.0. The predicted octanol–water partition coefficient (Wildman–Crippen LogP) is 2.47. The van der Waals surface area contributed by atoms with Gasteiger partial charge in [0.25, 0.3) is 11.6 Å². The first-order valence-electron chi connectivity index (χ1n) is 7.10. The summed E-state index contributed by atoms with van der Waals surface area (Å²) in [6.07, 6.45) is 3.02. The molecule has 12 heteroatoms. The summed E-state index contributed by atoms with van der Waals surface area (Å²) < 4.78 is 0. The highest BCUT2D eigenvalue weighted by molar-refractivity contribution is 8.93. The van der Waals surface area contributed by atoms with Crippen molar-refractivity contribution in [1.29, 1.82) is 0 Å².